The van der Waals surface area contributed by atoms with Gasteiger partial charge in [-0.2, -0.15) is 0 Å². The molecule has 6 heteroatoms. The first-order valence-electron chi connectivity index (χ1n) is 7.07. The van der Waals surface area contributed by atoms with E-state index in [4.69, 9.17) is 10.8 Å². The summed E-state index contributed by atoms with van der Waals surface area (Å²) in [5, 5.41) is 12.5. The Bertz CT molecular complexity index is 320. The van der Waals surface area contributed by atoms with Crippen LogP contribution in [-0.4, -0.2) is 47.7 Å². The first-order valence-corrected chi connectivity index (χ1v) is 7.07. The Labute approximate surface area is 113 Å². The molecule has 19 heavy (non-hydrogen) atoms. The number of nitrogens with one attached hydrogen (secondary N) is 1. The van der Waals surface area contributed by atoms with Gasteiger partial charge in [-0.1, -0.05) is 12.8 Å². The van der Waals surface area contributed by atoms with Gasteiger partial charge in [0, 0.05) is 19.1 Å². The Morgan fingerprint density at radius 2 is 1.95 bits per heavy atom. The van der Waals surface area contributed by atoms with E-state index in [2.05, 4.69) is 5.32 Å². The average molecular weight is 269 g/mol. The SMILES string of the molecule is NC(=O)N1CC(NCC2CCCC2)CC(C(=O)O)C1. The number of piperidine rings is 1. The summed E-state index contributed by atoms with van der Waals surface area (Å²) in [6, 6.07) is -0.485. The second-order valence-electron chi connectivity index (χ2n) is 5.77. The standard InChI is InChI=1S/C13H23N3O3/c14-13(19)16-7-10(12(17)18)5-11(8-16)15-6-9-3-1-2-4-9/h9-11,15H,1-8H2,(H2,14,19)(H,17,18). The number of amides is 2. The number of primary amides is 1. The van der Waals surface area contributed by atoms with Crippen molar-refractivity contribution in [2.45, 2.75) is 38.1 Å². The van der Waals surface area contributed by atoms with Crippen LogP contribution in [0.2, 0.25) is 0 Å². The van der Waals surface area contributed by atoms with Crippen LogP contribution in [0, 0.1) is 11.8 Å². The van der Waals surface area contributed by atoms with Gasteiger partial charge in [0.2, 0.25) is 0 Å². The van der Waals surface area contributed by atoms with Gasteiger partial charge >= 0.3 is 12.0 Å². The molecule has 2 fully saturated rings. The maximum atomic E-state index is 11.3. The van der Waals surface area contributed by atoms with Gasteiger partial charge in [0.1, 0.15) is 0 Å². The van der Waals surface area contributed by atoms with Crippen molar-refractivity contribution in [1.82, 2.24) is 10.2 Å². The molecule has 1 aliphatic heterocycles. The lowest BCUT2D eigenvalue weighted by Gasteiger charge is -2.36. The molecule has 1 aliphatic carbocycles. The number of aliphatic carboxylic acids is 1. The van der Waals surface area contributed by atoms with Gasteiger partial charge in [-0.25, -0.2) is 4.79 Å². The molecule has 6 nitrogen and oxygen atoms in total. The smallest absolute Gasteiger partial charge is 0.314 e. The topological polar surface area (TPSA) is 95.7 Å². The highest BCUT2D eigenvalue weighted by atomic mass is 16.4. The summed E-state index contributed by atoms with van der Waals surface area (Å²) in [5.41, 5.74) is 5.28. The predicted molar refractivity (Wildman–Crippen MR) is 70.6 cm³/mol. The Morgan fingerprint density at radius 1 is 1.26 bits per heavy atom. The fourth-order valence-corrected chi connectivity index (χ4v) is 3.15. The van der Waals surface area contributed by atoms with E-state index < -0.39 is 17.9 Å². The third-order valence-corrected chi connectivity index (χ3v) is 4.28. The lowest BCUT2D eigenvalue weighted by atomic mass is 9.94. The molecular formula is C13H23N3O3. The summed E-state index contributed by atoms with van der Waals surface area (Å²) in [5.74, 6) is -0.659. The van der Waals surface area contributed by atoms with Gasteiger partial charge in [-0.15, -0.1) is 0 Å². The quantitative estimate of drug-likeness (QED) is 0.697. The number of carboxylic acid groups (broad SMARTS) is 1. The molecule has 0 aromatic rings. The normalized spacial score (nSPS) is 28.5. The molecule has 2 unspecified atom stereocenters. The first-order chi connectivity index (χ1) is 9.06. The Kier molecular flexibility index (Phi) is 4.63. The maximum Gasteiger partial charge on any atom is 0.314 e. The number of carbonyl (C=O) groups excluding carboxylic acids is 1. The highest BCUT2D eigenvalue weighted by Crippen LogP contribution is 2.24. The summed E-state index contributed by atoms with van der Waals surface area (Å²) in [4.78, 5) is 23.8. The zero-order valence-electron chi connectivity index (χ0n) is 11.2. The molecular weight excluding hydrogens is 246 g/mol. The molecule has 0 bridgehead atoms. The Balaban J connectivity index is 1.86. The third-order valence-electron chi connectivity index (χ3n) is 4.28. The van der Waals surface area contributed by atoms with Crippen LogP contribution in [0.5, 0.6) is 0 Å². The highest BCUT2D eigenvalue weighted by Gasteiger charge is 2.33. The molecule has 1 saturated carbocycles. The number of rotatable bonds is 4. The van der Waals surface area contributed by atoms with Crippen LogP contribution >= 0.6 is 0 Å². The first kappa shape index (κ1) is 14.1. The molecule has 1 saturated heterocycles. The summed E-state index contributed by atoms with van der Waals surface area (Å²) in [6.45, 7) is 1.67. The fraction of sp³-hybridized carbons (Fsp3) is 0.846. The van der Waals surface area contributed by atoms with Gasteiger partial charge in [-0.05, 0) is 31.7 Å². The van der Waals surface area contributed by atoms with Crippen LogP contribution in [-0.2, 0) is 4.79 Å². The van der Waals surface area contributed by atoms with Gasteiger partial charge in [0.05, 0.1) is 5.92 Å². The minimum atomic E-state index is -0.849. The molecule has 2 aliphatic rings. The van der Waals surface area contributed by atoms with E-state index in [-0.39, 0.29) is 12.6 Å². The van der Waals surface area contributed by atoms with Gasteiger partial charge in [0.15, 0.2) is 0 Å². The average Bonchev–Trinajstić information content (AvgIpc) is 2.89. The van der Waals surface area contributed by atoms with E-state index >= 15 is 0 Å². The molecule has 0 aromatic heterocycles. The third kappa shape index (κ3) is 3.83. The molecule has 2 rings (SSSR count). The van der Waals surface area contributed by atoms with Gasteiger partial charge in [0.25, 0.3) is 0 Å². The molecule has 0 spiro atoms. The lowest BCUT2D eigenvalue weighted by molar-refractivity contribution is -0.143. The molecule has 0 aromatic carbocycles. The van der Waals surface area contributed by atoms with E-state index in [0.717, 1.165) is 6.54 Å². The lowest BCUT2D eigenvalue weighted by Crippen LogP contribution is -2.54. The predicted octanol–water partition coefficient (Wildman–Crippen LogP) is 0.620. The Hall–Kier alpha value is -1.30. The van der Waals surface area contributed by atoms with Crippen molar-refractivity contribution in [2.75, 3.05) is 19.6 Å². The molecule has 4 N–H and O–H groups in total. The van der Waals surface area contributed by atoms with Gasteiger partial charge < -0.3 is 21.1 Å². The Morgan fingerprint density at radius 3 is 2.53 bits per heavy atom. The maximum absolute atomic E-state index is 11.3. The fourth-order valence-electron chi connectivity index (χ4n) is 3.15. The summed E-state index contributed by atoms with van der Waals surface area (Å²) < 4.78 is 0. The van der Waals surface area contributed by atoms with Crippen LogP contribution < -0.4 is 11.1 Å². The van der Waals surface area contributed by atoms with E-state index in [9.17, 15) is 9.59 Å². The van der Waals surface area contributed by atoms with E-state index in [1.807, 2.05) is 0 Å². The number of nitrogens with zero attached hydrogens (tertiary/aromatic N) is 1. The number of carboxylic acids is 1. The van der Waals surface area contributed by atoms with Crippen LogP contribution in [0.25, 0.3) is 0 Å². The molecule has 0 radical (unpaired) electrons. The zero-order chi connectivity index (χ0) is 13.8. The van der Waals surface area contributed by atoms with Crippen molar-refractivity contribution in [3.05, 3.63) is 0 Å². The zero-order valence-corrected chi connectivity index (χ0v) is 11.2. The van der Waals surface area contributed by atoms with Crippen LogP contribution in [0.4, 0.5) is 4.79 Å². The minimum Gasteiger partial charge on any atom is -0.481 e. The van der Waals surface area contributed by atoms with E-state index in [1.54, 1.807) is 0 Å². The molecule has 1 heterocycles. The van der Waals surface area contributed by atoms with Crippen LogP contribution in [0.3, 0.4) is 0 Å². The van der Waals surface area contributed by atoms with E-state index in [1.165, 1.54) is 30.6 Å². The number of nitrogens with two attached hydrogens (primary N) is 1. The molecule has 108 valence electrons. The second-order valence-corrected chi connectivity index (χ2v) is 5.77. The number of urea groups is 1. The van der Waals surface area contributed by atoms with Gasteiger partial charge in [-0.3, -0.25) is 4.79 Å². The number of carbonyl (C=O) groups is 2. The molecule has 2 amide bonds. The van der Waals surface area contributed by atoms with Crippen molar-refractivity contribution in [3.63, 3.8) is 0 Å². The highest BCUT2D eigenvalue weighted by molar-refractivity contribution is 5.75. The van der Waals surface area contributed by atoms with Crippen molar-refractivity contribution in [1.29, 1.82) is 0 Å². The summed E-state index contributed by atoms with van der Waals surface area (Å²) in [7, 11) is 0. The minimum absolute atomic E-state index is 0.0444. The monoisotopic (exact) mass is 269 g/mol. The van der Waals surface area contributed by atoms with Crippen LogP contribution in [0.1, 0.15) is 32.1 Å². The number of hydrogen-bond donors (Lipinski definition) is 3. The molecule has 2 atom stereocenters. The summed E-state index contributed by atoms with van der Waals surface area (Å²) >= 11 is 0. The second kappa shape index (κ2) is 6.23. The van der Waals surface area contributed by atoms with Crippen molar-refractivity contribution < 1.29 is 14.7 Å². The summed E-state index contributed by atoms with van der Waals surface area (Å²) in [6.07, 6.45) is 5.67. The van der Waals surface area contributed by atoms with Crippen molar-refractivity contribution >= 4 is 12.0 Å². The number of hydrogen-bond acceptors (Lipinski definition) is 3. The number of likely N-dealkylation sites (tertiary alicyclic amines) is 1. The van der Waals surface area contributed by atoms with E-state index in [0.29, 0.717) is 18.9 Å². The van der Waals surface area contributed by atoms with Crippen LogP contribution in [0.15, 0.2) is 0 Å². The van der Waals surface area contributed by atoms with Crippen molar-refractivity contribution in [2.24, 2.45) is 17.6 Å². The van der Waals surface area contributed by atoms with Crippen molar-refractivity contribution in [3.8, 4) is 0 Å². The largest absolute Gasteiger partial charge is 0.481 e.